The molecule has 7 heteroatoms. The van der Waals surface area contributed by atoms with E-state index in [0.29, 0.717) is 36.2 Å². The van der Waals surface area contributed by atoms with Gasteiger partial charge in [0.05, 0.1) is 6.61 Å². The summed E-state index contributed by atoms with van der Waals surface area (Å²) < 4.78 is 10.9. The number of carbonyl (C=O) groups excluding carboxylic acids is 2. The quantitative estimate of drug-likeness (QED) is 0.262. The third-order valence-electron chi connectivity index (χ3n) is 5.74. The fraction of sp³-hybridized carbons (Fsp3) is 0.310. The number of hydrogen-bond acceptors (Lipinski definition) is 6. The lowest BCUT2D eigenvalue weighted by Crippen LogP contribution is -2.25. The van der Waals surface area contributed by atoms with Gasteiger partial charge in [-0.1, -0.05) is 38.1 Å². The Kier molecular flexibility index (Phi) is 9.08. The molecule has 7 nitrogen and oxygen atoms in total. The summed E-state index contributed by atoms with van der Waals surface area (Å²) in [6.45, 7) is 11.0. The first-order valence-electron chi connectivity index (χ1n) is 12.1. The molecule has 0 atom stereocenters. The first kappa shape index (κ1) is 26.8. The highest BCUT2D eigenvalue weighted by Gasteiger charge is 2.16. The molecule has 3 aromatic rings. The Labute approximate surface area is 212 Å². The molecule has 3 aromatic carbocycles. The van der Waals surface area contributed by atoms with Gasteiger partial charge in [-0.25, -0.2) is 4.79 Å². The van der Waals surface area contributed by atoms with Crippen molar-refractivity contribution >= 4 is 17.6 Å². The summed E-state index contributed by atoms with van der Waals surface area (Å²) in [5.74, 6) is 0.162. The van der Waals surface area contributed by atoms with Crippen LogP contribution < -0.4 is 15.4 Å². The van der Waals surface area contributed by atoms with Gasteiger partial charge >= 0.3 is 11.9 Å². The molecule has 190 valence electrons. The number of benzene rings is 3. The molecule has 0 bridgehead atoms. The lowest BCUT2D eigenvalue weighted by atomic mass is 10.0. The van der Waals surface area contributed by atoms with Crippen LogP contribution in [0.3, 0.4) is 0 Å². The van der Waals surface area contributed by atoms with E-state index in [4.69, 9.17) is 9.47 Å². The average molecular weight is 491 g/mol. The monoisotopic (exact) mass is 490 g/mol. The van der Waals surface area contributed by atoms with Crippen LogP contribution >= 0.6 is 0 Å². The number of phenols is 1. The van der Waals surface area contributed by atoms with Crippen molar-refractivity contribution in [3.05, 3.63) is 82.4 Å². The minimum absolute atomic E-state index is 0.132. The van der Waals surface area contributed by atoms with E-state index in [1.165, 1.54) is 11.1 Å². The van der Waals surface area contributed by atoms with Crippen LogP contribution in [0.15, 0.2) is 54.6 Å². The van der Waals surface area contributed by atoms with Gasteiger partial charge in [-0.3, -0.25) is 4.79 Å². The zero-order valence-electron chi connectivity index (χ0n) is 21.5. The van der Waals surface area contributed by atoms with Crippen LogP contribution in [0.1, 0.15) is 54.5 Å². The second-order valence-corrected chi connectivity index (χ2v) is 9.01. The summed E-state index contributed by atoms with van der Waals surface area (Å²) in [6, 6.07) is 17.1. The van der Waals surface area contributed by atoms with Gasteiger partial charge in [-0.2, -0.15) is 0 Å². The van der Waals surface area contributed by atoms with E-state index < -0.39 is 11.9 Å². The number of aromatic hydroxyl groups is 1. The largest absolute Gasteiger partial charge is 0.508 e. The lowest BCUT2D eigenvalue weighted by Gasteiger charge is -2.15. The van der Waals surface area contributed by atoms with Crippen molar-refractivity contribution in [3.63, 3.8) is 0 Å². The molecular formula is C29H34N2O5. The summed E-state index contributed by atoms with van der Waals surface area (Å²) in [7, 11) is 0. The van der Waals surface area contributed by atoms with Gasteiger partial charge in [0.15, 0.2) is 0 Å². The van der Waals surface area contributed by atoms with Crippen molar-refractivity contribution < 1.29 is 24.2 Å². The molecule has 3 rings (SSSR count). The first-order chi connectivity index (χ1) is 17.2. The topological polar surface area (TPSA) is 96.9 Å². The Morgan fingerprint density at radius 3 is 2.22 bits per heavy atom. The molecule has 0 aromatic heterocycles. The minimum atomic E-state index is -0.925. The Morgan fingerprint density at radius 2 is 1.61 bits per heavy atom. The van der Waals surface area contributed by atoms with Crippen LogP contribution in [-0.4, -0.2) is 23.6 Å². The number of ether oxygens (including phenoxy) is 2. The molecule has 0 aliphatic rings. The summed E-state index contributed by atoms with van der Waals surface area (Å²) in [6.07, 6.45) is 0. The van der Waals surface area contributed by atoms with Crippen molar-refractivity contribution in [1.82, 2.24) is 5.32 Å². The standard InChI is InChI=1S/C29H34N2O5/c1-6-35-29(34)28(33)31-24-13-19(4)27(20(5)14-24)36-25-11-12-26(32)23(15-25)17-30-16-21-7-9-22(10-8-21)18(2)3/h7-15,18,30,32H,6,16-17H2,1-5H3,(H,31,33). The SMILES string of the molecule is CCOC(=O)C(=O)Nc1cc(C)c(Oc2ccc(O)c(CNCc3ccc(C(C)C)cc3)c2)c(C)c1. The van der Waals surface area contributed by atoms with Gasteiger partial charge in [0, 0.05) is 24.3 Å². The van der Waals surface area contributed by atoms with E-state index in [0.717, 1.165) is 16.7 Å². The van der Waals surface area contributed by atoms with Crippen LogP contribution in [0, 0.1) is 13.8 Å². The lowest BCUT2D eigenvalue weighted by molar-refractivity contribution is -0.152. The molecule has 1 amide bonds. The Hall–Kier alpha value is -3.84. The van der Waals surface area contributed by atoms with Gasteiger partial charge in [-0.15, -0.1) is 0 Å². The van der Waals surface area contributed by atoms with Crippen LogP contribution in [-0.2, 0) is 27.4 Å². The number of nitrogens with one attached hydrogen (secondary N) is 2. The predicted octanol–water partition coefficient (Wildman–Crippen LogP) is 5.72. The van der Waals surface area contributed by atoms with Crippen LogP contribution in [0.4, 0.5) is 5.69 Å². The number of esters is 1. The highest BCUT2D eigenvalue weighted by molar-refractivity contribution is 6.37. The van der Waals surface area contributed by atoms with Crippen molar-refractivity contribution in [2.45, 2.75) is 53.6 Å². The Balaban J connectivity index is 1.66. The van der Waals surface area contributed by atoms with Crippen molar-refractivity contribution in [3.8, 4) is 17.2 Å². The third-order valence-corrected chi connectivity index (χ3v) is 5.74. The predicted molar refractivity (Wildman–Crippen MR) is 140 cm³/mol. The number of rotatable bonds is 9. The zero-order chi connectivity index (χ0) is 26.2. The van der Waals surface area contributed by atoms with E-state index in [1.807, 2.05) is 13.8 Å². The fourth-order valence-electron chi connectivity index (χ4n) is 3.81. The first-order valence-corrected chi connectivity index (χ1v) is 12.1. The second kappa shape index (κ2) is 12.2. The summed E-state index contributed by atoms with van der Waals surface area (Å²) in [5.41, 5.74) is 5.25. The number of amides is 1. The molecule has 0 aliphatic heterocycles. The summed E-state index contributed by atoms with van der Waals surface area (Å²) in [4.78, 5) is 23.5. The summed E-state index contributed by atoms with van der Waals surface area (Å²) in [5, 5.41) is 16.3. The van der Waals surface area contributed by atoms with Crippen molar-refractivity contribution in [1.29, 1.82) is 0 Å². The minimum Gasteiger partial charge on any atom is -0.508 e. The van der Waals surface area contributed by atoms with Gasteiger partial charge < -0.3 is 25.2 Å². The maximum absolute atomic E-state index is 11.9. The van der Waals surface area contributed by atoms with Gasteiger partial charge in [0.1, 0.15) is 17.2 Å². The van der Waals surface area contributed by atoms with Crippen molar-refractivity contribution in [2.24, 2.45) is 0 Å². The van der Waals surface area contributed by atoms with E-state index in [9.17, 15) is 14.7 Å². The van der Waals surface area contributed by atoms with E-state index in [1.54, 1.807) is 37.3 Å². The molecule has 0 radical (unpaired) electrons. The molecule has 0 saturated carbocycles. The molecule has 0 aliphatic carbocycles. The molecule has 36 heavy (non-hydrogen) atoms. The molecule has 0 heterocycles. The van der Waals surface area contributed by atoms with Gasteiger partial charge in [0.25, 0.3) is 0 Å². The van der Waals surface area contributed by atoms with E-state index >= 15 is 0 Å². The van der Waals surface area contributed by atoms with Crippen molar-refractivity contribution in [2.75, 3.05) is 11.9 Å². The number of aryl methyl sites for hydroxylation is 2. The maximum atomic E-state index is 11.9. The highest BCUT2D eigenvalue weighted by atomic mass is 16.5. The summed E-state index contributed by atoms with van der Waals surface area (Å²) >= 11 is 0. The van der Waals surface area contributed by atoms with E-state index in [-0.39, 0.29) is 12.4 Å². The Bertz CT molecular complexity index is 1200. The molecule has 0 unspecified atom stereocenters. The normalized spacial score (nSPS) is 10.8. The van der Waals surface area contributed by atoms with Crippen LogP contribution in [0.25, 0.3) is 0 Å². The van der Waals surface area contributed by atoms with E-state index in [2.05, 4.69) is 48.7 Å². The zero-order valence-corrected chi connectivity index (χ0v) is 21.5. The number of anilines is 1. The Morgan fingerprint density at radius 1 is 0.944 bits per heavy atom. The second-order valence-electron chi connectivity index (χ2n) is 9.01. The average Bonchev–Trinajstić information content (AvgIpc) is 2.83. The number of hydrogen-bond donors (Lipinski definition) is 3. The van der Waals surface area contributed by atoms with Crippen LogP contribution in [0.2, 0.25) is 0 Å². The highest BCUT2D eigenvalue weighted by Crippen LogP contribution is 2.33. The smallest absolute Gasteiger partial charge is 0.397 e. The van der Waals surface area contributed by atoms with Gasteiger partial charge in [0.2, 0.25) is 0 Å². The third kappa shape index (κ3) is 7.09. The molecule has 0 fully saturated rings. The number of phenolic OH excluding ortho intramolecular Hbond substituents is 1. The molecule has 3 N–H and O–H groups in total. The molecule has 0 saturated heterocycles. The number of carbonyl (C=O) groups is 2. The van der Waals surface area contributed by atoms with Gasteiger partial charge in [-0.05, 0) is 79.3 Å². The molecular weight excluding hydrogens is 456 g/mol. The van der Waals surface area contributed by atoms with Crippen LogP contribution in [0.5, 0.6) is 17.2 Å². The fourth-order valence-corrected chi connectivity index (χ4v) is 3.81. The molecule has 0 spiro atoms. The maximum Gasteiger partial charge on any atom is 0.397 e.